The van der Waals surface area contributed by atoms with Crippen molar-refractivity contribution in [2.45, 2.75) is 27.2 Å². The van der Waals surface area contributed by atoms with Crippen LogP contribution in [0.5, 0.6) is 11.5 Å². The molecule has 0 radical (unpaired) electrons. The molecule has 2 aromatic rings. The van der Waals surface area contributed by atoms with Crippen LogP contribution in [0.4, 0.5) is 4.79 Å². The fraction of sp³-hybridized carbons (Fsp3) is 0.364. The van der Waals surface area contributed by atoms with Gasteiger partial charge >= 0.3 is 0 Å². The zero-order valence-electron chi connectivity index (χ0n) is 18.4. The molecule has 2 heterocycles. The average Bonchev–Trinajstić information content (AvgIpc) is 3.28. The van der Waals surface area contributed by atoms with Gasteiger partial charge in [0.15, 0.2) is 11.5 Å². The van der Waals surface area contributed by atoms with Gasteiger partial charge in [-0.2, -0.15) is 0 Å². The second-order valence-corrected chi connectivity index (χ2v) is 7.84. The number of thioether (sulfide) groups is 1. The van der Waals surface area contributed by atoms with Crippen molar-refractivity contribution >= 4 is 34.9 Å². The Morgan fingerprint density at radius 2 is 2.06 bits per heavy atom. The minimum atomic E-state index is -0.405. The predicted molar refractivity (Wildman–Crippen MR) is 120 cm³/mol. The third-order valence-corrected chi connectivity index (χ3v) is 5.68. The highest BCUT2D eigenvalue weighted by Gasteiger charge is 2.34. The number of methoxy groups -OCH3 is 1. The van der Waals surface area contributed by atoms with E-state index < -0.39 is 5.91 Å². The van der Waals surface area contributed by atoms with Gasteiger partial charge in [-0.3, -0.25) is 19.3 Å². The summed E-state index contributed by atoms with van der Waals surface area (Å²) in [5, 5.41) is 6.20. The Labute approximate surface area is 190 Å². The normalized spacial score (nSPS) is 14.9. The molecule has 0 atom stereocenters. The monoisotopic (exact) mass is 459 g/mol. The molecule has 1 aromatic heterocycles. The number of amides is 3. The van der Waals surface area contributed by atoms with Crippen molar-refractivity contribution < 1.29 is 28.4 Å². The molecule has 170 valence electrons. The van der Waals surface area contributed by atoms with Gasteiger partial charge in [-0.05, 0) is 55.8 Å². The van der Waals surface area contributed by atoms with Crippen LogP contribution in [0.15, 0.2) is 27.6 Å². The minimum Gasteiger partial charge on any atom is -0.493 e. The van der Waals surface area contributed by atoms with Gasteiger partial charge in [-0.1, -0.05) is 18.1 Å². The molecule has 3 rings (SSSR count). The second-order valence-electron chi connectivity index (χ2n) is 6.85. The lowest BCUT2D eigenvalue weighted by Crippen LogP contribution is -2.37. The van der Waals surface area contributed by atoms with Crippen LogP contribution in [0.25, 0.3) is 6.08 Å². The summed E-state index contributed by atoms with van der Waals surface area (Å²) >= 11 is 0.858. The number of aromatic nitrogens is 1. The lowest BCUT2D eigenvalue weighted by atomic mass is 10.1. The Balaban J connectivity index is 1.64. The van der Waals surface area contributed by atoms with Crippen molar-refractivity contribution in [2.24, 2.45) is 0 Å². The number of rotatable bonds is 9. The maximum atomic E-state index is 12.7. The van der Waals surface area contributed by atoms with Crippen LogP contribution < -0.4 is 14.8 Å². The van der Waals surface area contributed by atoms with Crippen molar-refractivity contribution in [2.75, 3.05) is 26.8 Å². The maximum Gasteiger partial charge on any atom is 0.293 e. The van der Waals surface area contributed by atoms with Gasteiger partial charge in [0.25, 0.3) is 17.1 Å². The Morgan fingerprint density at radius 3 is 2.75 bits per heavy atom. The van der Waals surface area contributed by atoms with Gasteiger partial charge < -0.3 is 19.3 Å². The van der Waals surface area contributed by atoms with Gasteiger partial charge in [0.2, 0.25) is 0 Å². The first-order valence-corrected chi connectivity index (χ1v) is 11.0. The summed E-state index contributed by atoms with van der Waals surface area (Å²) in [5.41, 5.74) is 1.67. The molecular weight excluding hydrogens is 434 g/mol. The average molecular weight is 460 g/mol. The first kappa shape index (κ1) is 23.4. The number of aryl methyl sites for hydroxylation is 2. The summed E-state index contributed by atoms with van der Waals surface area (Å²) in [6, 6.07) is 5.28. The molecule has 0 unspecified atom stereocenters. The number of ether oxygens (including phenoxy) is 2. The van der Waals surface area contributed by atoms with Gasteiger partial charge in [-0.25, -0.2) is 0 Å². The van der Waals surface area contributed by atoms with E-state index in [2.05, 4.69) is 10.5 Å². The Bertz CT molecular complexity index is 1060. The SMILES string of the molecule is CCOc1ccc(/C=C2\SC(=O)N(CCNC(=O)c3c(CC)noc3C)C2=O)cc1OC. The van der Waals surface area contributed by atoms with E-state index in [-0.39, 0.29) is 24.2 Å². The number of carbonyl (C=O) groups is 3. The van der Waals surface area contributed by atoms with E-state index in [1.807, 2.05) is 13.8 Å². The van der Waals surface area contributed by atoms with Crippen molar-refractivity contribution in [1.29, 1.82) is 0 Å². The summed E-state index contributed by atoms with van der Waals surface area (Å²) in [6.45, 7) is 6.10. The molecule has 0 saturated carbocycles. The molecule has 1 saturated heterocycles. The largest absolute Gasteiger partial charge is 0.493 e. The van der Waals surface area contributed by atoms with Crippen molar-refractivity contribution in [3.8, 4) is 11.5 Å². The Hall–Kier alpha value is -3.27. The first-order chi connectivity index (χ1) is 15.4. The van der Waals surface area contributed by atoms with Crippen LogP contribution in [0.1, 0.15) is 41.2 Å². The van der Waals surface area contributed by atoms with E-state index in [1.165, 1.54) is 7.11 Å². The molecule has 0 aliphatic carbocycles. The maximum absolute atomic E-state index is 12.7. The lowest BCUT2D eigenvalue weighted by molar-refractivity contribution is -0.122. The predicted octanol–water partition coefficient (Wildman–Crippen LogP) is 3.42. The summed E-state index contributed by atoms with van der Waals surface area (Å²) in [7, 11) is 1.54. The number of nitrogens with one attached hydrogen (secondary N) is 1. The molecule has 10 heteroatoms. The smallest absolute Gasteiger partial charge is 0.293 e. The van der Waals surface area contributed by atoms with Gasteiger partial charge in [0.1, 0.15) is 11.3 Å². The Kier molecular flexibility index (Phi) is 7.57. The lowest BCUT2D eigenvalue weighted by Gasteiger charge is -2.13. The van der Waals surface area contributed by atoms with Crippen LogP contribution in [0.3, 0.4) is 0 Å². The van der Waals surface area contributed by atoms with Crippen molar-refractivity contribution in [3.63, 3.8) is 0 Å². The topological polar surface area (TPSA) is 111 Å². The van der Waals surface area contributed by atoms with Crippen LogP contribution in [-0.2, 0) is 11.2 Å². The Morgan fingerprint density at radius 1 is 1.28 bits per heavy atom. The molecule has 32 heavy (non-hydrogen) atoms. The highest BCUT2D eigenvalue weighted by Crippen LogP contribution is 2.34. The van der Waals surface area contributed by atoms with E-state index in [0.717, 1.165) is 16.7 Å². The highest BCUT2D eigenvalue weighted by atomic mass is 32.2. The van der Waals surface area contributed by atoms with E-state index in [1.54, 1.807) is 31.2 Å². The summed E-state index contributed by atoms with van der Waals surface area (Å²) in [4.78, 5) is 38.9. The fourth-order valence-electron chi connectivity index (χ4n) is 3.21. The first-order valence-electron chi connectivity index (χ1n) is 10.2. The summed E-state index contributed by atoms with van der Waals surface area (Å²) in [5.74, 6) is 0.824. The van der Waals surface area contributed by atoms with Crippen LogP contribution in [0.2, 0.25) is 0 Å². The molecule has 1 N–H and O–H groups in total. The molecule has 3 amide bonds. The number of nitrogens with zero attached hydrogens (tertiary/aromatic N) is 2. The fourth-order valence-corrected chi connectivity index (χ4v) is 4.08. The highest BCUT2D eigenvalue weighted by molar-refractivity contribution is 8.18. The van der Waals surface area contributed by atoms with E-state index >= 15 is 0 Å². The number of hydrogen-bond donors (Lipinski definition) is 1. The quantitative estimate of drug-likeness (QED) is 0.568. The van der Waals surface area contributed by atoms with Crippen LogP contribution in [-0.4, -0.2) is 53.9 Å². The number of benzene rings is 1. The molecule has 1 aromatic carbocycles. The molecule has 0 bridgehead atoms. The van der Waals surface area contributed by atoms with Gasteiger partial charge in [0, 0.05) is 13.1 Å². The summed E-state index contributed by atoms with van der Waals surface area (Å²) < 4.78 is 15.9. The molecule has 0 spiro atoms. The molecule has 9 nitrogen and oxygen atoms in total. The second kappa shape index (κ2) is 10.4. The zero-order valence-corrected chi connectivity index (χ0v) is 19.2. The zero-order chi connectivity index (χ0) is 23.3. The number of hydrogen-bond acceptors (Lipinski definition) is 8. The van der Waals surface area contributed by atoms with Crippen LogP contribution >= 0.6 is 11.8 Å². The van der Waals surface area contributed by atoms with Crippen LogP contribution in [0, 0.1) is 6.92 Å². The number of imide groups is 1. The van der Waals surface area contributed by atoms with Gasteiger partial charge in [0.05, 0.1) is 24.3 Å². The van der Waals surface area contributed by atoms with E-state index in [4.69, 9.17) is 14.0 Å². The number of carbonyl (C=O) groups excluding carboxylic acids is 3. The molecule has 1 fully saturated rings. The standard InChI is InChI=1S/C22H25N3O6S/c1-5-15-19(13(3)31-24-15)20(26)23-9-10-25-21(27)18(32-22(25)28)12-14-7-8-16(30-6-2)17(11-14)29-4/h7-8,11-12H,5-6,9-10H2,1-4H3,(H,23,26)/b18-12-. The third kappa shape index (κ3) is 4.96. The molecule has 1 aliphatic rings. The minimum absolute atomic E-state index is 0.0616. The molecule has 1 aliphatic heterocycles. The van der Waals surface area contributed by atoms with E-state index in [0.29, 0.717) is 52.0 Å². The molecular formula is C22H25N3O6S. The van der Waals surface area contributed by atoms with E-state index in [9.17, 15) is 14.4 Å². The van der Waals surface area contributed by atoms with Crippen molar-refractivity contribution in [1.82, 2.24) is 15.4 Å². The van der Waals surface area contributed by atoms with Crippen molar-refractivity contribution in [3.05, 3.63) is 45.7 Å². The third-order valence-electron chi connectivity index (χ3n) is 4.78. The summed E-state index contributed by atoms with van der Waals surface area (Å²) in [6.07, 6.45) is 2.19. The van der Waals surface area contributed by atoms with Gasteiger partial charge in [-0.15, -0.1) is 0 Å².